The summed E-state index contributed by atoms with van der Waals surface area (Å²) in [7, 11) is 0. The number of aromatic nitrogens is 2. The molecule has 1 fully saturated rings. The molecular formula is C11H12ClN3S. The van der Waals surface area contributed by atoms with Gasteiger partial charge in [0.1, 0.15) is 12.1 Å². The molecule has 0 aromatic carbocycles. The van der Waals surface area contributed by atoms with Crippen molar-refractivity contribution in [3.05, 3.63) is 17.8 Å². The van der Waals surface area contributed by atoms with E-state index in [2.05, 4.69) is 15.3 Å². The molecule has 2 aromatic heterocycles. The number of alkyl halides is 1. The van der Waals surface area contributed by atoms with Crippen molar-refractivity contribution in [3.63, 3.8) is 0 Å². The Kier molecular flexibility index (Phi) is 2.48. The van der Waals surface area contributed by atoms with E-state index in [1.807, 2.05) is 11.4 Å². The van der Waals surface area contributed by atoms with Gasteiger partial charge in [0.15, 0.2) is 0 Å². The van der Waals surface area contributed by atoms with E-state index >= 15 is 0 Å². The minimum atomic E-state index is 0.316. The summed E-state index contributed by atoms with van der Waals surface area (Å²) in [6.07, 6.45) is 4.06. The van der Waals surface area contributed by atoms with Gasteiger partial charge in [-0.15, -0.1) is 22.9 Å². The molecule has 84 valence electrons. The molecule has 3 nitrogen and oxygen atoms in total. The third-order valence-electron chi connectivity index (χ3n) is 3.11. The molecule has 0 spiro atoms. The van der Waals surface area contributed by atoms with Crippen LogP contribution in [0, 0.1) is 5.41 Å². The highest BCUT2D eigenvalue weighted by atomic mass is 35.5. The molecule has 0 atom stereocenters. The Hall–Kier alpha value is -0.870. The largest absolute Gasteiger partial charge is 0.368 e. The summed E-state index contributed by atoms with van der Waals surface area (Å²) in [4.78, 5) is 8.50. The van der Waals surface area contributed by atoms with Gasteiger partial charge >= 0.3 is 0 Å². The van der Waals surface area contributed by atoms with Crippen LogP contribution in [0.3, 0.4) is 0 Å². The molecule has 0 aliphatic heterocycles. The predicted octanol–water partition coefficient (Wildman–Crippen LogP) is 3.12. The molecule has 5 heteroatoms. The first kappa shape index (κ1) is 10.3. The fourth-order valence-corrected chi connectivity index (χ4v) is 2.89. The van der Waals surface area contributed by atoms with Crippen LogP contribution in [0.25, 0.3) is 10.2 Å². The van der Waals surface area contributed by atoms with Gasteiger partial charge in [0, 0.05) is 17.8 Å². The van der Waals surface area contributed by atoms with E-state index < -0.39 is 0 Å². The van der Waals surface area contributed by atoms with E-state index in [4.69, 9.17) is 11.6 Å². The summed E-state index contributed by atoms with van der Waals surface area (Å²) >= 11 is 7.62. The maximum atomic E-state index is 5.95. The first-order valence-electron chi connectivity index (χ1n) is 5.31. The van der Waals surface area contributed by atoms with Crippen molar-refractivity contribution in [2.24, 2.45) is 5.41 Å². The molecule has 3 rings (SSSR count). The van der Waals surface area contributed by atoms with E-state index in [-0.39, 0.29) is 0 Å². The van der Waals surface area contributed by atoms with Crippen molar-refractivity contribution in [2.75, 3.05) is 17.7 Å². The third kappa shape index (κ3) is 1.76. The number of hydrogen-bond acceptors (Lipinski definition) is 4. The molecule has 16 heavy (non-hydrogen) atoms. The number of halogens is 1. The zero-order valence-corrected chi connectivity index (χ0v) is 10.3. The van der Waals surface area contributed by atoms with Crippen molar-refractivity contribution in [2.45, 2.75) is 12.8 Å². The van der Waals surface area contributed by atoms with Gasteiger partial charge in [-0.05, 0) is 24.3 Å². The SMILES string of the molecule is ClCC1(CNc2ncnc3ccsc23)CC1. The zero-order chi connectivity index (χ0) is 11.0. The number of nitrogens with one attached hydrogen (secondary N) is 1. The molecule has 0 saturated heterocycles. The van der Waals surface area contributed by atoms with Crippen LogP contribution in [0.1, 0.15) is 12.8 Å². The van der Waals surface area contributed by atoms with Crippen LogP contribution in [-0.4, -0.2) is 22.4 Å². The number of thiophene rings is 1. The first-order valence-corrected chi connectivity index (χ1v) is 6.72. The quantitative estimate of drug-likeness (QED) is 0.851. The molecule has 2 aromatic rings. The third-order valence-corrected chi connectivity index (χ3v) is 4.59. The molecule has 0 unspecified atom stereocenters. The maximum Gasteiger partial charge on any atom is 0.147 e. The summed E-state index contributed by atoms with van der Waals surface area (Å²) in [6.45, 7) is 0.917. The Labute approximate surface area is 103 Å². The Morgan fingerprint density at radius 3 is 3.06 bits per heavy atom. The summed E-state index contributed by atoms with van der Waals surface area (Å²) < 4.78 is 1.13. The van der Waals surface area contributed by atoms with E-state index in [0.29, 0.717) is 5.41 Å². The van der Waals surface area contributed by atoms with Crippen molar-refractivity contribution in [1.29, 1.82) is 0 Å². The summed E-state index contributed by atoms with van der Waals surface area (Å²) in [5.41, 5.74) is 1.33. The Bertz CT molecular complexity index is 507. The predicted molar refractivity (Wildman–Crippen MR) is 68.3 cm³/mol. The van der Waals surface area contributed by atoms with Crippen molar-refractivity contribution >= 4 is 39.0 Å². The highest BCUT2D eigenvalue weighted by Gasteiger charge is 2.41. The topological polar surface area (TPSA) is 37.8 Å². The Morgan fingerprint density at radius 1 is 1.44 bits per heavy atom. The molecular weight excluding hydrogens is 242 g/mol. The molecule has 1 N–H and O–H groups in total. The minimum absolute atomic E-state index is 0.316. The van der Waals surface area contributed by atoms with Crippen LogP contribution in [0.4, 0.5) is 5.82 Å². The molecule has 0 bridgehead atoms. The lowest BCUT2D eigenvalue weighted by Crippen LogP contribution is -2.17. The number of nitrogens with zero attached hydrogens (tertiary/aromatic N) is 2. The summed E-state index contributed by atoms with van der Waals surface area (Å²) in [6, 6.07) is 2.02. The number of fused-ring (bicyclic) bond motifs is 1. The van der Waals surface area contributed by atoms with Gasteiger partial charge < -0.3 is 5.32 Å². The van der Waals surface area contributed by atoms with Crippen molar-refractivity contribution in [3.8, 4) is 0 Å². The first-order chi connectivity index (χ1) is 7.83. The van der Waals surface area contributed by atoms with Gasteiger partial charge in [0.05, 0.1) is 10.2 Å². The second-order valence-corrected chi connectivity index (χ2v) is 5.53. The van der Waals surface area contributed by atoms with Crippen LogP contribution < -0.4 is 5.32 Å². The molecule has 2 heterocycles. The smallest absolute Gasteiger partial charge is 0.147 e. The van der Waals surface area contributed by atoms with Gasteiger partial charge in [-0.25, -0.2) is 9.97 Å². The van der Waals surface area contributed by atoms with Gasteiger partial charge in [-0.2, -0.15) is 0 Å². The van der Waals surface area contributed by atoms with E-state index in [9.17, 15) is 0 Å². The van der Waals surface area contributed by atoms with Crippen molar-refractivity contribution < 1.29 is 0 Å². The van der Waals surface area contributed by atoms with Crippen LogP contribution in [0.15, 0.2) is 17.8 Å². The number of anilines is 1. The van der Waals surface area contributed by atoms with Crippen LogP contribution >= 0.6 is 22.9 Å². The molecule has 0 amide bonds. The van der Waals surface area contributed by atoms with Crippen LogP contribution in [0.5, 0.6) is 0 Å². The second-order valence-electron chi connectivity index (χ2n) is 4.34. The average molecular weight is 254 g/mol. The van der Waals surface area contributed by atoms with Crippen molar-refractivity contribution in [1.82, 2.24) is 9.97 Å². The second kappa shape index (κ2) is 3.86. The highest BCUT2D eigenvalue weighted by molar-refractivity contribution is 7.17. The molecule has 1 saturated carbocycles. The summed E-state index contributed by atoms with van der Waals surface area (Å²) in [5, 5.41) is 5.44. The summed E-state index contributed by atoms with van der Waals surface area (Å²) in [5.74, 6) is 1.68. The maximum absolute atomic E-state index is 5.95. The zero-order valence-electron chi connectivity index (χ0n) is 8.74. The monoisotopic (exact) mass is 253 g/mol. The molecule has 1 aliphatic rings. The lowest BCUT2D eigenvalue weighted by molar-refractivity contribution is 0.618. The van der Waals surface area contributed by atoms with E-state index in [1.54, 1.807) is 17.7 Å². The number of hydrogen-bond donors (Lipinski definition) is 1. The van der Waals surface area contributed by atoms with E-state index in [0.717, 1.165) is 28.5 Å². The van der Waals surface area contributed by atoms with Gasteiger partial charge in [-0.3, -0.25) is 0 Å². The molecule has 0 radical (unpaired) electrons. The molecule has 1 aliphatic carbocycles. The minimum Gasteiger partial charge on any atom is -0.368 e. The van der Waals surface area contributed by atoms with Gasteiger partial charge in [0.2, 0.25) is 0 Å². The highest BCUT2D eigenvalue weighted by Crippen LogP contribution is 2.46. The Morgan fingerprint density at radius 2 is 2.31 bits per heavy atom. The lowest BCUT2D eigenvalue weighted by Gasteiger charge is -2.12. The van der Waals surface area contributed by atoms with Crippen LogP contribution in [0.2, 0.25) is 0 Å². The standard InChI is InChI=1S/C11H12ClN3S/c12-5-11(2-3-11)6-13-10-9-8(1-4-16-9)14-7-15-10/h1,4,7H,2-3,5-6H2,(H,13,14,15). The fraction of sp³-hybridized carbons (Fsp3) is 0.455. The average Bonchev–Trinajstić information content (AvgIpc) is 2.94. The van der Waals surface area contributed by atoms with E-state index in [1.165, 1.54) is 12.8 Å². The van der Waals surface area contributed by atoms with Gasteiger partial charge in [-0.1, -0.05) is 0 Å². The fourth-order valence-electron chi connectivity index (χ4n) is 1.72. The van der Waals surface area contributed by atoms with Gasteiger partial charge in [0.25, 0.3) is 0 Å². The van der Waals surface area contributed by atoms with Crippen LogP contribution in [-0.2, 0) is 0 Å². The number of rotatable bonds is 4. The Balaban J connectivity index is 1.81. The normalized spacial score (nSPS) is 17.6. The lowest BCUT2D eigenvalue weighted by atomic mass is 10.1.